The van der Waals surface area contributed by atoms with E-state index in [4.69, 9.17) is 0 Å². The van der Waals surface area contributed by atoms with Crippen molar-refractivity contribution in [2.45, 2.75) is 114 Å². The summed E-state index contributed by atoms with van der Waals surface area (Å²) in [6.45, 7) is 0. The first-order valence-electron chi connectivity index (χ1n) is 13.2. The second-order valence-corrected chi connectivity index (χ2v) is 13.7. The molecule has 392 valence electrons. The number of hydrogen-bond donors (Lipinski definition) is 0. The van der Waals surface area contributed by atoms with E-state index in [2.05, 4.69) is 0 Å². The Balaban J connectivity index is 9.95. The first kappa shape index (κ1) is 62.2. The van der Waals surface area contributed by atoms with E-state index in [9.17, 15) is 176 Å². The number of hydrogen-bond acceptors (Lipinski definition) is 3. The maximum atomic E-state index is 15.1. The Hall–Kier alpha value is -2.84. The van der Waals surface area contributed by atoms with Gasteiger partial charge in [-0.2, -0.15) is 184 Å². The maximum absolute atomic E-state index is 15.1. The molecule has 0 aliphatic rings. The van der Waals surface area contributed by atoms with E-state index in [1.54, 1.807) is 0 Å². The fourth-order valence-electron chi connectivity index (χ4n) is 3.63. The fraction of sp³-hybridized carbons (Fsp3) is 1.00. The van der Waals surface area contributed by atoms with Crippen molar-refractivity contribution in [3.8, 4) is 0 Å². The molecule has 0 radical (unpaired) electrons. The Kier molecular flexibility index (Phi) is 14.7. The van der Waals surface area contributed by atoms with Crippen molar-refractivity contribution in [3.63, 3.8) is 0 Å². The zero-order valence-corrected chi connectivity index (χ0v) is 28.1. The predicted octanol–water partition coefficient (Wildman–Crippen LogP) is 13.2. The van der Waals surface area contributed by atoms with E-state index in [-0.39, 0.29) is 0 Å². The van der Waals surface area contributed by atoms with Gasteiger partial charge in [-0.05, 0) is 0 Å². The smallest absolute Gasteiger partial charge is 0.342 e. The van der Waals surface area contributed by atoms with Gasteiger partial charge in [0.2, 0.25) is 0 Å². The average molecular weight is 1100 g/mol. The van der Waals surface area contributed by atoms with Crippen molar-refractivity contribution in [3.05, 3.63) is 0 Å². The Labute approximate surface area is 321 Å². The molecule has 0 rings (SSSR count). The van der Waals surface area contributed by atoms with Gasteiger partial charge < -0.3 is 13.3 Å². The normalized spacial score (nSPS) is 17.3. The Morgan fingerprint density at radius 3 is 0.554 bits per heavy atom. The first-order chi connectivity index (χ1) is 27.1. The monoisotopic (exact) mass is 1100 g/mol. The molecular weight excluding hydrogens is 1100 g/mol. The van der Waals surface area contributed by atoms with Gasteiger partial charge in [0, 0.05) is 0 Å². The number of halogens is 42. The highest BCUT2D eigenvalue weighted by molar-refractivity contribution is 6.64. The summed E-state index contributed by atoms with van der Waals surface area (Å²) in [5.74, 6) is -93.0. The molecule has 0 amide bonds. The van der Waals surface area contributed by atoms with Gasteiger partial charge in [-0.1, -0.05) is 0 Å². The average Bonchev–Trinajstić information content (AvgIpc) is 2.97. The standard InChI is InChI=1S/C19F42O3Si/c20-2(21,3(22,23)4(24,25)5(26,27)6(28,29)7(30,31)8(32,33)13(42,43)44)1(11(36,37)38,12(39,40)41)62-65(19(60,61)18(57,58)59,63-9(34,14(45,46)47)15(48,49)50)64-10(35,16(51,52)53)17(54,55)56. The molecule has 0 heterocycles. The van der Waals surface area contributed by atoms with Gasteiger partial charge in [0.15, 0.2) is 0 Å². The van der Waals surface area contributed by atoms with Crippen LogP contribution in [0.4, 0.5) is 184 Å². The van der Waals surface area contributed by atoms with Crippen molar-refractivity contribution in [1.82, 2.24) is 0 Å². The summed E-state index contributed by atoms with van der Waals surface area (Å²) in [4.78, 5) is 0. The molecule has 0 aliphatic carbocycles. The number of rotatable bonds is 14. The highest BCUT2D eigenvalue weighted by atomic mass is 28.4. The van der Waals surface area contributed by atoms with Gasteiger partial charge in [-0.25, -0.2) is 0 Å². The van der Waals surface area contributed by atoms with E-state index in [0.717, 1.165) is 0 Å². The Bertz CT molecular complexity index is 1590. The first-order valence-corrected chi connectivity index (χ1v) is 14.9. The molecule has 0 aliphatic heterocycles. The summed E-state index contributed by atoms with van der Waals surface area (Å²) in [5, 5.41) is 0. The third-order valence-corrected chi connectivity index (χ3v) is 9.73. The van der Waals surface area contributed by atoms with Crippen molar-refractivity contribution in [2.75, 3.05) is 0 Å². The molecule has 0 bridgehead atoms. The van der Waals surface area contributed by atoms with Crippen molar-refractivity contribution < 1.29 is 198 Å². The quantitative estimate of drug-likeness (QED) is 0.128. The lowest BCUT2D eigenvalue weighted by Crippen LogP contribution is -2.85. The summed E-state index contributed by atoms with van der Waals surface area (Å²) in [7, 11) is -13.4. The molecule has 3 nitrogen and oxygen atoms in total. The summed E-state index contributed by atoms with van der Waals surface area (Å²) < 4.78 is 576. The van der Waals surface area contributed by atoms with Crippen LogP contribution in [0.5, 0.6) is 0 Å². The van der Waals surface area contributed by atoms with Crippen molar-refractivity contribution >= 4 is 8.80 Å². The third kappa shape index (κ3) is 8.45. The minimum atomic E-state index is -13.4. The van der Waals surface area contributed by atoms with E-state index in [1.807, 2.05) is 0 Å². The van der Waals surface area contributed by atoms with Crippen LogP contribution in [-0.2, 0) is 13.3 Å². The molecule has 0 fully saturated rings. The van der Waals surface area contributed by atoms with Crippen LogP contribution < -0.4 is 0 Å². The lowest BCUT2D eigenvalue weighted by molar-refractivity contribution is -0.499. The molecule has 0 aromatic heterocycles. The molecule has 0 aromatic rings. The van der Waals surface area contributed by atoms with E-state index in [1.165, 1.54) is 0 Å². The van der Waals surface area contributed by atoms with Gasteiger partial charge in [-0.3, -0.25) is 0 Å². The minimum absolute atomic E-state index is 0.511. The summed E-state index contributed by atoms with van der Waals surface area (Å²) in [6.07, 6.45) is -76.9. The highest BCUT2D eigenvalue weighted by Gasteiger charge is 3.03. The minimum Gasteiger partial charge on any atom is -0.342 e. The molecule has 0 saturated heterocycles. The summed E-state index contributed by atoms with van der Waals surface area (Å²) >= 11 is 0. The molecule has 46 heteroatoms. The van der Waals surface area contributed by atoms with Gasteiger partial charge in [-0.15, -0.1) is 0 Å². The zero-order chi connectivity index (χ0) is 54.1. The second kappa shape index (κ2) is 15.3. The zero-order valence-electron chi connectivity index (χ0n) is 27.1. The van der Waals surface area contributed by atoms with Crippen LogP contribution in [0.15, 0.2) is 0 Å². The third-order valence-electron chi connectivity index (χ3n) is 7.00. The molecule has 0 unspecified atom stereocenters. The van der Waals surface area contributed by atoms with Gasteiger partial charge in [0.25, 0.3) is 0 Å². The molecule has 0 spiro atoms. The van der Waals surface area contributed by atoms with Crippen LogP contribution in [0.1, 0.15) is 0 Å². The maximum Gasteiger partial charge on any atom is 0.593 e. The molecule has 0 saturated carbocycles. The van der Waals surface area contributed by atoms with Crippen molar-refractivity contribution in [1.29, 1.82) is 0 Å². The Morgan fingerprint density at radius 1 is 0.185 bits per heavy atom. The molecule has 65 heavy (non-hydrogen) atoms. The lowest BCUT2D eigenvalue weighted by atomic mass is 9.82. The molecule has 0 aromatic carbocycles. The molecule has 0 atom stereocenters. The topological polar surface area (TPSA) is 27.7 Å². The van der Waals surface area contributed by atoms with Crippen LogP contribution in [0, 0.1) is 0 Å². The van der Waals surface area contributed by atoms with Gasteiger partial charge in [0.05, 0.1) is 0 Å². The summed E-state index contributed by atoms with van der Waals surface area (Å²) in [5.41, 5.74) is -21.7. The van der Waals surface area contributed by atoms with Gasteiger partial charge >= 0.3 is 123 Å². The van der Waals surface area contributed by atoms with E-state index in [0.29, 0.717) is 13.3 Å². The van der Waals surface area contributed by atoms with Crippen LogP contribution in [0.2, 0.25) is 0 Å². The van der Waals surface area contributed by atoms with Crippen LogP contribution in [-0.4, -0.2) is 123 Å². The van der Waals surface area contributed by atoms with E-state index < -0.39 is 123 Å². The van der Waals surface area contributed by atoms with Crippen LogP contribution in [0.25, 0.3) is 0 Å². The molecular formula is C19F42O3Si. The Morgan fingerprint density at radius 2 is 0.385 bits per heavy atom. The van der Waals surface area contributed by atoms with Crippen LogP contribution >= 0.6 is 0 Å². The van der Waals surface area contributed by atoms with E-state index >= 15 is 8.78 Å². The summed E-state index contributed by atoms with van der Waals surface area (Å²) in [6, 6.07) is 0. The van der Waals surface area contributed by atoms with Crippen LogP contribution in [0.3, 0.4) is 0 Å². The van der Waals surface area contributed by atoms with Crippen molar-refractivity contribution in [2.24, 2.45) is 0 Å². The fourth-order valence-corrected chi connectivity index (χ4v) is 6.46. The predicted molar refractivity (Wildman–Crippen MR) is 107 cm³/mol. The molecule has 0 N–H and O–H groups in total. The second-order valence-electron chi connectivity index (χ2n) is 11.3. The lowest BCUT2D eigenvalue weighted by Gasteiger charge is -2.52. The largest absolute Gasteiger partial charge is 0.593 e. The SMILES string of the molecule is FC(F)(F)C(F)(F)C(F)(F)C(F)(F)C(F)(F)C(F)(F)C(F)(F)C(F)(F)C(O[Si](OC(F)(C(F)(F)F)C(F)(F)F)(OC(F)(C(F)(F)F)C(F)(F)F)C(F)(F)C(F)(F)F)(C(F)(F)F)C(F)(F)F. The highest BCUT2D eigenvalue weighted by Crippen LogP contribution is 2.70. The number of alkyl halides is 42. The van der Waals surface area contributed by atoms with Gasteiger partial charge in [0.1, 0.15) is 0 Å².